The first-order chi connectivity index (χ1) is 28.9. The van der Waals surface area contributed by atoms with E-state index >= 15 is 0 Å². The largest absolute Gasteiger partial charge is 0.481 e. The van der Waals surface area contributed by atoms with E-state index in [9.17, 15) is 78.9 Å². The van der Waals surface area contributed by atoms with E-state index in [4.69, 9.17) is 0 Å². The van der Waals surface area contributed by atoms with Crippen molar-refractivity contribution in [1.29, 1.82) is 0 Å². The number of carboxylic acid groups (broad SMARTS) is 5. The molecule has 0 bridgehead atoms. The minimum absolute atomic E-state index is 0.0145. The molecule has 4 aliphatic rings. The van der Waals surface area contributed by atoms with Crippen LogP contribution < -0.4 is 5.32 Å². The first-order valence-corrected chi connectivity index (χ1v) is 23.5. The second kappa shape index (κ2) is 21.6. The number of fused-ring (bicyclic) bond motifs is 5. The number of rotatable bonds is 24. The Hall–Kier alpha value is -3.23. The van der Waals surface area contributed by atoms with Crippen LogP contribution in [0.3, 0.4) is 0 Å². The second-order valence-corrected chi connectivity index (χ2v) is 20.8. The number of aliphatic hydroxyl groups is 2. The summed E-state index contributed by atoms with van der Waals surface area (Å²) in [5.41, 5.74) is -0.689. The van der Waals surface area contributed by atoms with Gasteiger partial charge in [0.2, 0.25) is 5.91 Å². The summed E-state index contributed by atoms with van der Waals surface area (Å²) in [6.07, 6.45) is 4.25. The number of nitrogens with one attached hydrogen (secondary N) is 1. The Morgan fingerprint density at radius 3 is 1.76 bits per heavy atom. The summed E-state index contributed by atoms with van der Waals surface area (Å²) in [5.74, 6) is -8.05. The SMILES string of the molecule is CC(CCC(=O)O)C1CCCC2C3C(O)C[C@@H]4C[C@@H](NC(=O)CCC(N(CCN(CC(=O)O)CC(=O)O)CCN(CC(=O)O)CC(=O)O)P(=O)(O)O)CC[C@]4(C)C3C[C@H](O)[C@]12C. The maximum Gasteiger partial charge on any atom is 0.342 e. The minimum Gasteiger partial charge on any atom is -0.481 e. The summed E-state index contributed by atoms with van der Waals surface area (Å²) in [5, 5.41) is 73.5. The standard InChI is InChI=1S/C41H69N4O16P/c1-24(7-10-34(49)50)27-5-4-6-28-39-29(19-31(47)41(27,28)3)40(2)12-11-26(17-25(40)18-30(39)46)42-32(48)8-9-33(62(59,60)61)45(15-13-43(20-35(51)52)21-36(53)54)16-14-44(22-37(55)56)23-38(57)58/h24-31,33,39,46-47H,4-23H2,1-3H3,(H,42,48)(H,49,50)(H,51,52)(H,53,54)(H,55,56)(H,57,58)(H2,59,60,61)/t24?,25-,26-,27?,28?,29?,30?,31-,33?,39?,40-,41+/m0/s1. The summed E-state index contributed by atoms with van der Waals surface area (Å²) in [6, 6.07) is -0.303. The Bertz CT molecular complexity index is 1590. The van der Waals surface area contributed by atoms with Gasteiger partial charge in [-0.25, -0.2) is 0 Å². The smallest absolute Gasteiger partial charge is 0.342 e. The summed E-state index contributed by atoms with van der Waals surface area (Å²) in [4.78, 5) is 95.0. The highest BCUT2D eigenvalue weighted by Crippen LogP contribution is 2.67. The lowest BCUT2D eigenvalue weighted by atomic mass is 9.39. The fourth-order valence-corrected chi connectivity index (χ4v) is 13.4. The van der Waals surface area contributed by atoms with E-state index in [2.05, 4.69) is 26.1 Å². The number of aliphatic hydroxyl groups excluding tert-OH is 2. The molecule has 21 heteroatoms. The molecule has 0 radical (unpaired) electrons. The third-order valence-electron chi connectivity index (χ3n) is 15.3. The molecule has 0 aromatic rings. The van der Waals surface area contributed by atoms with Gasteiger partial charge in [-0.05, 0) is 104 Å². The molecule has 4 aliphatic carbocycles. The number of hydrogen-bond donors (Lipinski definition) is 10. The second-order valence-electron chi connectivity index (χ2n) is 19.0. The Morgan fingerprint density at radius 2 is 1.26 bits per heavy atom. The van der Waals surface area contributed by atoms with Gasteiger partial charge in [0.25, 0.3) is 0 Å². The van der Waals surface area contributed by atoms with Crippen molar-refractivity contribution in [2.24, 2.45) is 46.3 Å². The van der Waals surface area contributed by atoms with Crippen LogP contribution in [0.1, 0.15) is 97.8 Å². The van der Waals surface area contributed by atoms with Gasteiger partial charge in [0.1, 0.15) is 5.78 Å². The fraction of sp³-hybridized carbons (Fsp3) is 0.854. The predicted molar refractivity (Wildman–Crippen MR) is 221 cm³/mol. The van der Waals surface area contributed by atoms with Crippen molar-refractivity contribution in [2.45, 2.75) is 122 Å². The normalized spacial score (nSPS) is 32.0. The average Bonchev–Trinajstić information content (AvgIpc) is 3.14. The van der Waals surface area contributed by atoms with Gasteiger partial charge in [0.15, 0.2) is 0 Å². The Balaban J connectivity index is 1.45. The molecule has 354 valence electrons. The molecule has 0 saturated heterocycles. The van der Waals surface area contributed by atoms with Crippen LogP contribution in [0, 0.1) is 46.3 Å². The minimum atomic E-state index is -5.08. The molecule has 0 spiro atoms. The summed E-state index contributed by atoms with van der Waals surface area (Å²) < 4.78 is 13.0. The maximum atomic E-state index is 13.5. The summed E-state index contributed by atoms with van der Waals surface area (Å²) >= 11 is 0. The van der Waals surface area contributed by atoms with Crippen molar-refractivity contribution >= 4 is 43.3 Å². The zero-order chi connectivity index (χ0) is 46.3. The molecule has 0 heterocycles. The van der Waals surface area contributed by atoms with E-state index in [0.717, 1.165) is 35.5 Å². The van der Waals surface area contributed by atoms with Crippen LogP contribution >= 0.6 is 7.60 Å². The zero-order valence-corrected chi connectivity index (χ0v) is 37.0. The highest BCUT2D eigenvalue weighted by atomic mass is 31.2. The van der Waals surface area contributed by atoms with Gasteiger partial charge in [0.05, 0.1) is 38.4 Å². The average molecular weight is 905 g/mol. The Labute approximate surface area is 362 Å². The lowest BCUT2D eigenvalue weighted by molar-refractivity contribution is -0.228. The van der Waals surface area contributed by atoms with E-state index < -0.39 is 99.4 Å². The number of carbonyl (C=O) groups is 6. The van der Waals surface area contributed by atoms with Gasteiger partial charge in [-0.3, -0.25) is 48.0 Å². The predicted octanol–water partition coefficient (Wildman–Crippen LogP) is 1.49. The van der Waals surface area contributed by atoms with Gasteiger partial charge in [0, 0.05) is 45.1 Å². The number of hydrogen-bond acceptors (Lipinski definition) is 12. The Morgan fingerprint density at radius 1 is 0.710 bits per heavy atom. The lowest BCUT2D eigenvalue weighted by Crippen LogP contribution is -2.65. The molecule has 1 amide bonds. The van der Waals surface area contributed by atoms with E-state index in [1.165, 1.54) is 4.90 Å². The summed E-state index contributed by atoms with van der Waals surface area (Å²) in [6.45, 7) is 2.43. The van der Waals surface area contributed by atoms with E-state index in [1.807, 2.05) is 0 Å². The van der Waals surface area contributed by atoms with Crippen molar-refractivity contribution in [3.8, 4) is 0 Å². The third kappa shape index (κ3) is 12.9. The van der Waals surface area contributed by atoms with Crippen molar-refractivity contribution in [3.05, 3.63) is 0 Å². The maximum absolute atomic E-state index is 13.5. The van der Waals surface area contributed by atoms with E-state index in [0.29, 0.717) is 32.1 Å². The molecular formula is C41H69N4O16P. The number of aliphatic carboxylic acids is 5. The summed E-state index contributed by atoms with van der Waals surface area (Å²) in [7, 11) is -5.08. The first-order valence-electron chi connectivity index (χ1n) is 21.8. The lowest BCUT2D eigenvalue weighted by Gasteiger charge is -2.66. The number of nitrogens with zero attached hydrogens (tertiary/aromatic N) is 3. The van der Waals surface area contributed by atoms with Gasteiger partial charge in [-0.1, -0.05) is 27.2 Å². The number of carboxylic acids is 5. The molecule has 0 aromatic heterocycles. The van der Waals surface area contributed by atoms with Crippen LogP contribution in [-0.2, 0) is 33.3 Å². The van der Waals surface area contributed by atoms with Crippen LogP contribution in [0.15, 0.2) is 0 Å². The molecular weight excluding hydrogens is 835 g/mol. The molecule has 12 atom stereocenters. The molecule has 7 unspecified atom stereocenters. The zero-order valence-electron chi connectivity index (χ0n) is 36.1. The van der Waals surface area contributed by atoms with Gasteiger partial charge < -0.3 is 50.8 Å². The van der Waals surface area contributed by atoms with Crippen LogP contribution in [0.4, 0.5) is 0 Å². The molecule has 62 heavy (non-hydrogen) atoms. The van der Waals surface area contributed by atoms with E-state index in [1.54, 1.807) is 0 Å². The first kappa shape index (κ1) is 51.4. The molecule has 4 saturated carbocycles. The monoisotopic (exact) mass is 904 g/mol. The van der Waals surface area contributed by atoms with Crippen LogP contribution in [0.2, 0.25) is 0 Å². The quantitative estimate of drug-likeness (QED) is 0.0614. The van der Waals surface area contributed by atoms with Gasteiger partial charge in [-0.2, -0.15) is 0 Å². The van der Waals surface area contributed by atoms with Crippen LogP contribution in [-0.4, -0.2) is 172 Å². The third-order valence-corrected chi connectivity index (χ3v) is 16.6. The highest BCUT2D eigenvalue weighted by molar-refractivity contribution is 7.52. The van der Waals surface area contributed by atoms with Crippen LogP contribution in [0.5, 0.6) is 0 Å². The molecule has 0 aromatic carbocycles. The van der Waals surface area contributed by atoms with Gasteiger partial charge >= 0.3 is 37.4 Å². The number of carbonyl (C=O) groups excluding carboxylic acids is 1. The van der Waals surface area contributed by atoms with Crippen molar-refractivity contribution in [1.82, 2.24) is 20.0 Å². The topological polar surface area (TPSA) is 323 Å². The molecule has 20 nitrogen and oxygen atoms in total. The highest BCUT2D eigenvalue weighted by Gasteiger charge is 2.64. The fourth-order valence-electron chi connectivity index (χ4n) is 12.3. The molecule has 0 aliphatic heterocycles. The van der Waals surface area contributed by atoms with Crippen LogP contribution in [0.25, 0.3) is 0 Å². The Kier molecular flexibility index (Phi) is 17.9. The van der Waals surface area contributed by atoms with E-state index in [-0.39, 0.29) is 86.0 Å². The number of amides is 1. The van der Waals surface area contributed by atoms with Gasteiger partial charge in [-0.15, -0.1) is 0 Å². The molecule has 4 rings (SSSR count). The molecule has 4 fully saturated rings. The molecule has 10 N–H and O–H groups in total. The van der Waals surface area contributed by atoms with Crippen molar-refractivity contribution < 1.29 is 78.9 Å². The van der Waals surface area contributed by atoms with Crippen molar-refractivity contribution in [3.63, 3.8) is 0 Å². The van der Waals surface area contributed by atoms with Crippen molar-refractivity contribution in [2.75, 3.05) is 52.4 Å².